The van der Waals surface area contributed by atoms with Gasteiger partial charge in [0.05, 0.1) is 11.2 Å². The Morgan fingerprint density at radius 2 is 1.38 bits per heavy atom. The van der Waals surface area contributed by atoms with Crippen LogP contribution in [0.2, 0.25) is 6.32 Å². The highest BCUT2D eigenvalue weighted by Gasteiger charge is 2.51. The predicted molar refractivity (Wildman–Crippen MR) is 100 cm³/mol. The molecule has 1 fully saturated rings. The van der Waals surface area contributed by atoms with Crippen molar-refractivity contribution in [2.45, 2.75) is 58.1 Å². The fourth-order valence-electron chi connectivity index (χ4n) is 3.36. The summed E-state index contributed by atoms with van der Waals surface area (Å²) >= 11 is 0. The monoisotopic (exact) mass is 322 g/mol. The Morgan fingerprint density at radius 1 is 0.833 bits per heavy atom. The van der Waals surface area contributed by atoms with Gasteiger partial charge >= 0.3 is 7.12 Å². The first-order valence-corrected chi connectivity index (χ1v) is 8.76. The summed E-state index contributed by atoms with van der Waals surface area (Å²) in [5.74, 6) is 0.266. The van der Waals surface area contributed by atoms with E-state index in [1.165, 1.54) is 16.7 Å². The second-order valence-electron chi connectivity index (χ2n) is 7.74. The Labute approximate surface area is 146 Å². The molecular formula is C21H27BO2. The summed E-state index contributed by atoms with van der Waals surface area (Å²) in [4.78, 5) is 0. The molecule has 3 rings (SSSR count). The van der Waals surface area contributed by atoms with Gasteiger partial charge < -0.3 is 9.31 Å². The number of rotatable bonds is 4. The molecule has 1 saturated heterocycles. The lowest BCUT2D eigenvalue weighted by Crippen LogP contribution is -2.41. The first kappa shape index (κ1) is 17.3. The smallest absolute Gasteiger partial charge is 0.403 e. The largest absolute Gasteiger partial charge is 0.458 e. The molecule has 2 nitrogen and oxygen atoms in total. The van der Waals surface area contributed by atoms with Crippen molar-refractivity contribution in [2.24, 2.45) is 0 Å². The standard InChI is InChI=1S/C21H27BO2/c1-16-11-9-10-14-18(16)19(17-12-7-6-8-13-17)15-22-23-20(2,3)21(4,5)24-22/h6-14,19H,15H2,1-5H3. The van der Waals surface area contributed by atoms with E-state index in [0.717, 1.165) is 6.32 Å². The van der Waals surface area contributed by atoms with Crippen LogP contribution in [0.1, 0.15) is 50.3 Å². The van der Waals surface area contributed by atoms with Gasteiger partial charge in [0.25, 0.3) is 0 Å². The molecular weight excluding hydrogens is 295 g/mol. The zero-order valence-corrected chi connectivity index (χ0v) is 15.4. The van der Waals surface area contributed by atoms with Crippen molar-refractivity contribution < 1.29 is 9.31 Å². The lowest BCUT2D eigenvalue weighted by Gasteiger charge is -2.32. The molecule has 0 aliphatic carbocycles. The summed E-state index contributed by atoms with van der Waals surface area (Å²) in [5, 5.41) is 0. The quantitative estimate of drug-likeness (QED) is 0.719. The molecule has 0 bridgehead atoms. The van der Waals surface area contributed by atoms with E-state index in [9.17, 15) is 0 Å². The Morgan fingerprint density at radius 3 is 1.96 bits per heavy atom. The minimum atomic E-state index is -0.287. The maximum atomic E-state index is 6.26. The molecule has 126 valence electrons. The highest BCUT2D eigenvalue weighted by molar-refractivity contribution is 6.45. The Kier molecular flexibility index (Phi) is 4.59. The Hall–Kier alpha value is -1.58. The minimum Gasteiger partial charge on any atom is -0.403 e. The summed E-state index contributed by atoms with van der Waals surface area (Å²) in [7, 11) is -0.195. The molecule has 0 aromatic heterocycles. The maximum Gasteiger partial charge on any atom is 0.458 e. The van der Waals surface area contributed by atoms with Crippen LogP contribution in [0.15, 0.2) is 54.6 Å². The van der Waals surface area contributed by atoms with Crippen LogP contribution in [-0.4, -0.2) is 18.3 Å². The van der Waals surface area contributed by atoms with Crippen LogP contribution in [0.4, 0.5) is 0 Å². The fraction of sp³-hybridized carbons (Fsp3) is 0.429. The molecule has 0 saturated carbocycles. The third-order valence-electron chi connectivity index (χ3n) is 5.50. The minimum absolute atomic E-state index is 0.195. The summed E-state index contributed by atoms with van der Waals surface area (Å²) in [6, 6.07) is 19.3. The van der Waals surface area contributed by atoms with Gasteiger partial charge in [-0.15, -0.1) is 0 Å². The first-order valence-electron chi connectivity index (χ1n) is 8.76. The first-order chi connectivity index (χ1) is 11.3. The molecule has 3 heteroatoms. The molecule has 1 atom stereocenters. The molecule has 1 heterocycles. The van der Waals surface area contributed by atoms with Gasteiger partial charge in [0, 0.05) is 5.92 Å². The molecule has 0 amide bonds. The average molecular weight is 322 g/mol. The summed E-state index contributed by atoms with van der Waals surface area (Å²) in [6.45, 7) is 10.6. The second-order valence-corrected chi connectivity index (χ2v) is 7.74. The average Bonchev–Trinajstić information content (AvgIpc) is 2.74. The molecule has 1 unspecified atom stereocenters. The van der Waals surface area contributed by atoms with Crippen molar-refractivity contribution in [1.82, 2.24) is 0 Å². The predicted octanol–water partition coefficient (Wildman–Crippen LogP) is 5.22. The molecule has 0 radical (unpaired) electrons. The Bertz CT molecular complexity index is 678. The van der Waals surface area contributed by atoms with Gasteiger partial charge in [0.1, 0.15) is 0 Å². The normalized spacial score (nSPS) is 20.1. The third kappa shape index (κ3) is 3.29. The van der Waals surface area contributed by atoms with E-state index in [0.29, 0.717) is 0 Å². The van der Waals surface area contributed by atoms with Crippen LogP contribution in [0.3, 0.4) is 0 Å². The molecule has 1 aliphatic rings. The van der Waals surface area contributed by atoms with Gasteiger partial charge in [0.15, 0.2) is 0 Å². The van der Waals surface area contributed by atoms with Gasteiger partial charge in [-0.05, 0) is 57.6 Å². The van der Waals surface area contributed by atoms with E-state index in [4.69, 9.17) is 9.31 Å². The fourth-order valence-corrected chi connectivity index (χ4v) is 3.36. The van der Waals surface area contributed by atoms with E-state index in [1.54, 1.807) is 0 Å². The van der Waals surface area contributed by atoms with Crippen LogP contribution in [-0.2, 0) is 9.31 Å². The Balaban J connectivity index is 1.92. The van der Waals surface area contributed by atoms with E-state index >= 15 is 0 Å². The van der Waals surface area contributed by atoms with Gasteiger partial charge in [-0.25, -0.2) is 0 Å². The van der Waals surface area contributed by atoms with Crippen molar-refractivity contribution in [1.29, 1.82) is 0 Å². The maximum absolute atomic E-state index is 6.26. The number of hydrogen-bond donors (Lipinski definition) is 0. The van der Waals surface area contributed by atoms with Crippen LogP contribution < -0.4 is 0 Å². The van der Waals surface area contributed by atoms with E-state index in [2.05, 4.69) is 89.2 Å². The van der Waals surface area contributed by atoms with Crippen molar-refractivity contribution in [2.75, 3.05) is 0 Å². The summed E-state index contributed by atoms with van der Waals surface area (Å²) in [6.07, 6.45) is 0.821. The number of benzene rings is 2. The van der Waals surface area contributed by atoms with Crippen LogP contribution in [0.5, 0.6) is 0 Å². The third-order valence-corrected chi connectivity index (χ3v) is 5.50. The lowest BCUT2D eigenvalue weighted by atomic mass is 9.71. The summed E-state index contributed by atoms with van der Waals surface area (Å²) in [5.41, 5.74) is 3.39. The molecule has 0 spiro atoms. The van der Waals surface area contributed by atoms with E-state index < -0.39 is 0 Å². The van der Waals surface area contributed by atoms with Gasteiger partial charge in [-0.2, -0.15) is 0 Å². The summed E-state index contributed by atoms with van der Waals surface area (Å²) < 4.78 is 12.5. The van der Waals surface area contributed by atoms with Crippen LogP contribution in [0.25, 0.3) is 0 Å². The molecule has 2 aromatic rings. The van der Waals surface area contributed by atoms with Crippen molar-refractivity contribution in [3.63, 3.8) is 0 Å². The van der Waals surface area contributed by atoms with E-state index in [1.807, 2.05) is 0 Å². The van der Waals surface area contributed by atoms with Gasteiger partial charge in [0.2, 0.25) is 0 Å². The molecule has 1 aliphatic heterocycles. The highest BCUT2D eigenvalue weighted by atomic mass is 16.7. The lowest BCUT2D eigenvalue weighted by molar-refractivity contribution is 0.00578. The highest BCUT2D eigenvalue weighted by Crippen LogP contribution is 2.41. The van der Waals surface area contributed by atoms with Crippen LogP contribution in [0, 0.1) is 6.92 Å². The second kappa shape index (κ2) is 6.38. The van der Waals surface area contributed by atoms with E-state index in [-0.39, 0.29) is 24.2 Å². The van der Waals surface area contributed by atoms with Crippen molar-refractivity contribution in [3.05, 3.63) is 71.3 Å². The molecule has 0 N–H and O–H groups in total. The van der Waals surface area contributed by atoms with Crippen molar-refractivity contribution >= 4 is 7.12 Å². The van der Waals surface area contributed by atoms with Gasteiger partial charge in [-0.3, -0.25) is 0 Å². The molecule has 2 aromatic carbocycles. The van der Waals surface area contributed by atoms with Crippen molar-refractivity contribution in [3.8, 4) is 0 Å². The zero-order chi connectivity index (χ0) is 17.4. The van der Waals surface area contributed by atoms with Gasteiger partial charge in [-0.1, -0.05) is 54.6 Å². The SMILES string of the molecule is Cc1ccccc1C(CB1OC(C)(C)C(C)(C)O1)c1ccccc1. The molecule has 24 heavy (non-hydrogen) atoms. The number of aryl methyl sites for hydroxylation is 1. The zero-order valence-electron chi connectivity index (χ0n) is 15.4. The topological polar surface area (TPSA) is 18.5 Å². The number of hydrogen-bond acceptors (Lipinski definition) is 2. The van der Waals surface area contributed by atoms with Crippen LogP contribution >= 0.6 is 0 Å².